The summed E-state index contributed by atoms with van der Waals surface area (Å²) in [6, 6.07) is 0. The Hall–Kier alpha value is -0.0800. The van der Waals surface area contributed by atoms with Crippen LogP contribution in [0.1, 0.15) is 33.1 Å². The average molecular weight is 158 g/mol. The Bertz CT molecular complexity index is 117. The van der Waals surface area contributed by atoms with Crippen molar-refractivity contribution >= 4 is 0 Å². The minimum absolute atomic E-state index is 0.107. The van der Waals surface area contributed by atoms with Crippen LogP contribution in [0.25, 0.3) is 0 Å². The summed E-state index contributed by atoms with van der Waals surface area (Å²) in [5, 5.41) is 9.47. The molecule has 1 heterocycles. The van der Waals surface area contributed by atoms with Crippen LogP contribution in [0.5, 0.6) is 0 Å². The van der Waals surface area contributed by atoms with Crippen molar-refractivity contribution in [2.75, 3.05) is 13.2 Å². The van der Waals surface area contributed by atoms with Gasteiger partial charge in [-0.2, -0.15) is 0 Å². The van der Waals surface area contributed by atoms with Crippen molar-refractivity contribution in [1.82, 2.24) is 0 Å². The third-order valence-electron chi connectivity index (χ3n) is 2.69. The topological polar surface area (TPSA) is 29.5 Å². The molecule has 2 heteroatoms. The highest BCUT2D eigenvalue weighted by molar-refractivity contribution is 4.89. The molecule has 1 aliphatic heterocycles. The van der Waals surface area contributed by atoms with Crippen molar-refractivity contribution in [3.63, 3.8) is 0 Å². The van der Waals surface area contributed by atoms with E-state index in [0.29, 0.717) is 0 Å². The van der Waals surface area contributed by atoms with Gasteiger partial charge < -0.3 is 9.84 Å². The Labute approximate surface area is 68.6 Å². The molecule has 0 aromatic heterocycles. The van der Waals surface area contributed by atoms with Crippen LogP contribution in [0.2, 0.25) is 0 Å². The summed E-state index contributed by atoms with van der Waals surface area (Å²) < 4.78 is 5.14. The first-order valence-corrected chi connectivity index (χ1v) is 4.47. The standard InChI is InChI=1S/C9H18O2/c1-3-4-5-9(8(2)10)6-11-7-9/h8,10H,3-7H2,1-2H3. The van der Waals surface area contributed by atoms with Gasteiger partial charge in [0.15, 0.2) is 0 Å². The molecule has 11 heavy (non-hydrogen) atoms. The molecule has 1 saturated heterocycles. The van der Waals surface area contributed by atoms with Gasteiger partial charge in [-0.1, -0.05) is 19.8 Å². The normalized spacial score (nSPS) is 24.3. The lowest BCUT2D eigenvalue weighted by Crippen LogP contribution is -2.50. The highest BCUT2D eigenvalue weighted by Gasteiger charge is 2.41. The third-order valence-corrected chi connectivity index (χ3v) is 2.69. The number of unbranched alkanes of at least 4 members (excludes halogenated alkanes) is 1. The van der Waals surface area contributed by atoms with E-state index in [1.165, 1.54) is 12.8 Å². The Morgan fingerprint density at radius 1 is 1.55 bits per heavy atom. The lowest BCUT2D eigenvalue weighted by atomic mass is 9.76. The van der Waals surface area contributed by atoms with E-state index in [9.17, 15) is 5.11 Å². The zero-order chi connectivity index (χ0) is 8.32. The molecule has 1 N–H and O–H groups in total. The summed E-state index contributed by atoms with van der Waals surface area (Å²) in [6.45, 7) is 5.56. The van der Waals surface area contributed by atoms with E-state index in [1.807, 2.05) is 6.92 Å². The second-order valence-electron chi connectivity index (χ2n) is 3.63. The first-order chi connectivity index (χ1) is 5.21. The number of aliphatic hydroxyl groups is 1. The van der Waals surface area contributed by atoms with Crippen LogP contribution in [-0.4, -0.2) is 24.4 Å². The van der Waals surface area contributed by atoms with E-state index in [1.54, 1.807) is 0 Å². The molecule has 0 aliphatic carbocycles. The predicted molar refractivity (Wildman–Crippen MR) is 44.5 cm³/mol. The first-order valence-electron chi connectivity index (χ1n) is 4.47. The van der Waals surface area contributed by atoms with Crippen molar-refractivity contribution in [3.05, 3.63) is 0 Å². The molecular formula is C9H18O2. The summed E-state index contributed by atoms with van der Waals surface area (Å²) in [7, 11) is 0. The molecule has 2 nitrogen and oxygen atoms in total. The fourth-order valence-electron chi connectivity index (χ4n) is 1.49. The second-order valence-corrected chi connectivity index (χ2v) is 3.63. The molecule has 1 rings (SSSR count). The van der Waals surface area contributed by atoms with Crippen LogP contribution >= 0.6 is 0 Å². The Balaban J connectivity index is 2.34. The van der Waals surface area contributed by atoms with Gasteiger partial charge >= 0.3 is 0 Å². The van der Waals surface area contributed by atoms with Gasteiger partial charge in [0.2, 0.25) is 0 Å². The van der Waals surface area contributed by atoms with Crippen LogP contribution in [0, 0.1) is 5.41 Å². The van der Waals surface area contributed by atoms with E-state index in [4.69, 9.17) is 4.74 Å². The number of hydrogen-bond acceptors (Lipinski definition) is 2. The predicted octanol–water partition coefficient (Wildman–Crippen LogP) is 1.57. The van der Waals surface area contributed by atoms with Crippen LogP contribution in [0.15, 0.2) is 0 Å². The molecule has 0 amide bonds. The summed E-state index contributed by atoms with van der Waals surface area (Å²) in [4.78, 5) is 0. The maximum absolute atomic E-state index is 9.47. The van der Waals surface area contributed by atoms with Crippen molar-refractivity contribution in [1.29, 1.82) is 0 Å². The fourth-order valence-corrected chi connectivity index (χ4v) is 1.49. The quantitative estimate of drug-likeness (QED) is 0.673. The Kier molecular flexibility index (Phi) is 2.90. The highest BCUT2D eigenvalue weighted by atomic mass is 16.5. The summed E-state index contributed by atoms with van der Waals surface area (Å²) in [5.74, 6) is 0. The molecule has 1 atom stereocenters. The SMILES string of the molecule is CCCCC1(C(C)O)COC1. The summed E-state index contributed by atoms with van der Waals surface area (Å²) >= 11 is 0. The Morgan fingerprint density at radius 2 is 2.18 bits per heavy atom. The number of ether oxygens (including phenoxy) is 1. The molecule has 0 aromatic rings. The maximum atomic E-state index is 9.47. The molecule has 0 bridgehead atoms. The zero-order valence-corrected chi connectivity index (χ0v) is 7.47. The van der Waals surface area contributed by atoms with Gasteiger partial charge in [0.1, 0.15) is 0 Å². The molecule has 66 valence electrons. The minimum atomic E-state index is -0.206. The van der Waals surface area contributed by atoms with Crippen molar-refractivity contribution in [2.24, 2.45) is 5.41 Å². The van der Waals surface area contributed by atoms with Crippen molar-refractivity contribution in [2.45, 2.75) is 39.2 Å². The monoisotopic (exact) mass is 158 g/mol. The molecule has 0 saturated carbocycles. The van der Waals surface area contributed by atoms with Crippen molar-refractivity contribution in [3.8, 4) is 0 Å². The molecule has 1 fully saturated rings. The third kappa shape index (κ3) is 1.74. The Morgan fingerprint density at radius 3 is 2.45 bits per heavy atom. The van der Waals surface area contributed by atoms with Gasteiger partial charge in [-0.25, -0.2) is 0 Å². The van der Waals surface area contributed by atoms with E-state index in [-0.39, 0.29) is 11.5 Å². The van der Waals surface area contributed by atoms with Crippen LogP contribution in [0.4, 0.5) is 0 Å². The lowest BCUT2D eigenvalue weighted by molar-refractivity contribution is -0.171. The molecule has 1 unspecified atom stereocenters. The van der Waals surface area contributed by atoms with Crippen molar-refractivity contribution < 1.29 is 9.84 Å². The molecule has 0 spiro atoms. The largest absolute Gasteiger partial charge is 0.393 e. The lowest BCUT2D eigenvalue weighted by Gasteiger charge is -2.44. The zero-order valence-electron chi connectivity index (χ0n) is 7.47. The number of rotatable bonds is 4. The molecule has 0 aromatic carbocycles. The summed E-state index contributed by atoms with van der Waals surface area (Å²) in [6.07, 6.45) is 3.31. The highest BCUT2D eigenvalue weighted by Crippen LogP contribution is 2.36. The fraction of sp³-hybridized carbons (Fsp3) is 1.00. The number of aliphatic hydroxyl groups excluding tert-OH is 1. The maximum Gasteiger partial charge on any atom is 0.0612 e. The van der Waals surface area contributed by atoms with E-state index < -0.39 is 0 Å². The second kappa shape index (κ2) is 3.55. The van der Waals surface area contributed by atoms with E-state index in [2.05, 4.69) is 6.92 Å². The van der Waals surface area contributed by atoms with Gasteiger partial charge in [-0.05, 0) is 13.3 Å². The van der Waals surface area contributed by atoms with Gasteiger partial charge in [0.05, 0.1) is 19.3 Å². The van der Waals surface area contributed by atoms with Crippen LogP contribution < -0.4 is 0 Å². The number of hydrogen-bond donors (Lipinski definition) is 1. The van der Waals surface area contributed by atoms with E-state index >= 15 is 0 Å². The van der Waals surface area contributed by atoms with Gasteiger partial charge in [0, 0.05) is 5.41 Å². The van der Waals surface area contributed by atoms with Gasteiger partial charge in [-0.3, -0.25) is 0 Å². The van der Waals surface area contributed by atoms with Gasteiger partial charge in [-0.15, -0.1) is 0 Å². The minimum Gasteiger partial charge on any atom is -0.393 e. The average Bonchev–Trinajstić information content (AvgIpc) is 1.85. The van der Waals surface area contributed by atoms with Gasteiger partial charge in [0.25, 0.3) is 0 Å². The first kappa shape index (κ1) is 9.01. The molecule has 1 aliphatic rings. The summed E-state index contributed by atoms with van der Waals surface area (Å²) in [5.41, 5.74) is 0.107. The van der Waals surface area contributed by atoms with Crippen LogP contribution in [0.3, 0.4) is 0 Å². The van der Waals surface area contributed by atoms with Crippen LogP contribution in [-0.2, 0) is 4.74 Å². The smallest absolute Gasteiger partial charge is 0.0612 e. The molecule has 0 radical (unpaired) electrons. The van der Waals surface area contributed by atoms with E-state index in [0.717, 1.165) is 19.6 Å². The molecular weight excluding hydrogens is 140 g/mol.